The Hall–Kier alpha value is -5.70. The molecule has 0 bridgehead atoms. The summed E-state index contributed by atoms with van der Waals surface area (Å²) in [5.74, 6) is 0. The predicted octanol–water partition coefficient (Wildman–Crippen LogP) is 13.8. The number of nitrogens with zero attached hydrogens (tertiary/aromatic N) is 1. The number of rotatable bonds is 4. The minimum atomic E-state index is -0.0995. The van der Waals surface area contributed by atoms with E-state index < -0.39 is 0 Å². The highest BCUT2D eigenvalue weighted by molar-refractivity contribution is 7.26. The van der Waals surface area contributed by atoms with E-state index in [2.05, 4.69) is 183 Å². The van der Waals surface area contributed by atoms with Crippen LogP contribution in [0.1, 0.15) is 25.0 Å². The monoisotopic (exact) mass is 643 g/mol. The molecule has 0 fully saturated rings. The molecule has 8 aromatic carbocycles. The van der Waals surface area contributed by atoms with Gasteiger partial charge in [-0.15, -0.1) is 11.3 Å². The predicted molar refractivity (Wildman–Crippen MR) is 212 cm³/mol. The second-order valence-corrected chi connectivity index (χ2v) is 14.8. The Morgan fingerprint density at radius 1 is 0.449 bits per heavy atom. The van der Waals surface area contributed by atoms with Gasteiger partial charge in [0.15, 0.2) is 0 Å². The van der Waals surface area contributed by atoms with Crippen molar-refractivity contribution in [2.75, 3.05) is 4.90 Å². The molecule has 0 saturated carbocycles. The van der Waals surface area contributed by atoms with Gasteiger partial charge in [-0.1, -0.05) is 141 Å². The molecule has 1 nitrogen and oxygen atoms in total. The first-order chi connectivity index (χ1) is 24.1. The molecule has 10 rings (SSSR count). The van der Waals surface area contributed by atoms with E-state index in [-0.39, 0.29) is 5.41 Å². The van der Waals surface area contributed by atoms with Crippen LogP contribution in [-0.4, -0.2) is 0 Å². The lowest BCUT2D eigenvalue weighted by molar-refractivity contribution is 0.660. The highest BCUT2D eigenvalue weighted by Gasteiger charge is 2.38. The summed E-state index contributed by atoms with van der Waals surface area (Å²) in [7, 11) is 0. The average molecular weight is 644 g/mol. The largest absolute Gasteiger partial charge is 0.309 e. The molecule has 0 radical (unpaired) electrons. The van der Waals surface area contributed by atoms with Gasteiger partial charge in [0.05, 0.1) is 11.4 Å². The summed E-state index contributed by atoms with van der Waals surface area (Å²) in [6.45, 7) is 4.73. The van der Waals surface area contributed by atoms with Crippen LogP contribution < -0.4 is 4.90 Å². The van der Waals surface area contributed by atoms with Crippen molar-refractivity contribution in [1.29, 1.82) is 0 Å². The summed E-state index contributed by atoms with van der Waals surface area (Å²) >= 11 is 1.88. The Balaban J connectivity index is 1.28. The van der Waals surface area contributed by atoms with Crippen molar-refractivity contribution in [3.05, 3.63) is 175 Å². The highest BCUT2D eigenvalue weighted by Crippen LogP contribution is 2.55. The van der Waals surface area contributed by atoms with Crippen LogP contribution in [0.25, 0.3) is 64.0 Å². The van der Waals surface area contributed by atoms with Crippen molar-refractivity contribution in [1.82, 2.24) is 0 Å². The number of thiophene rings is 1. The fourth-order valence-corrected chi connectivity index (χ4v) is 9.49. The first kappa shape index (κ1) is 28.3. The van der Waals surface area contributed by atoms with E-state index in [4.69, 9.17) is 0 Å². The van der Waals surface area contributed by atoms with Gasteiger partial charge < -0.3 is 4.90 Å². The lowest BCUT2D eigenvalue weighted by Gasteiger charge is -2.31. The maximum absolute atomic E-state index is 2.52. The van der Waals surface area contributed by atoms with Gasteiger partial charge in [-0.2, -0.15) is 0 Å². The van der Waals surface area contributed by atoms with Gasteiger partial charge >= 0.3 is 0 Å². The Bertz CT molecular complexity index is 2760. The van der Waals surface area contributed by atoms with E-state index >= 15 is 0 Å². The van der Waals surface area contributed by atoms with Crippen molar-refractivity contribution in [3.8, 4) is 22.3 Å². The maximum Gasteiger partial charge on any atom is 0.0543 e. The van der Waals surface area contributed by atoms with Crippen LogP contribution in [0.4, 0.5) is 17.1 Å². The second kappa shape index (κ2) is 10.7. The number of para-hydroxylation sites is 1. The molecule has 0 amide bonds. The van der Waals surface area contributed by atoms with Crippen LogP contribution in [0.2, 0.25) is 0 Å². The van der Waals surface area contributed by atoms with E-state index in [9.17, 15) is 0 Å². The van der Waals surface area contributed by atoms with Gasteiger partial charge in [0, 0.05) is 42.4 Å². The third-order valence-corrected chi connectivity index (χ3v) is 11.8. The molecule has 232 valence electrons. The topological polar surface area (TPSA) is 3.24 Å². The van der Waals surface area contributed by atoms with Gasteiger partial charge in [-0.25, -0.2) is 0 Å². The van der Waals surface area contributed by atoms with Gasteiger partial charge in [-0.05, 0) is 80.2 Å². The normalized spacial score (nSPS) is 13.3. The van der Waals surface area contributed by atoms with Crippen molar-refractivity contribution in [2.45, 2.75) is 19.3 Å². The van der Waals surface area contributed by atoms with Crippen LogP contribution in [-0.2, 0) is 5.41 Å². The smallest absolute Gasteiger partial charge is 0.0543 e. The molecule has 0 spiro atoms. The van der Waals surface area contributed by atoms with Crippen LogP contribution in [0.15, 0.2) is 164 Å². The SMILES string of the molecule is CC1(C)c2ccccc2-c2c(N(c3ccc4c(ccc5sc6ccccc6c54)c3)c3ccccc3-c3cccc4ccccc34)cccc21. The third-order valence-electron chi connectivity index (χ3n) is 10.7. The summed E-state index contributed by atoms with van der Waals surface area (Å²) in [5, 5.41) is 7.73. The number of hydrogen-bond donors (Lipinski definition) is 0. The van der Waals surface area contributed by atoms with Crippen molar-refractivity contribution in [3.63, 3.8) is 0 Å². The lowest BCUT2D eigenvalue weighted by atomic mass is 9.82. The Morgan fingerprint density at radius 2 is 1.12 bits per heavy atom. The van der Waals surface area contributed by atoms with Gasteiger partial charge in [0.25, 0.3) is 0 Å². The number of anilines is 3. The van der Waals surface area contributed by atoms with Crippen molar-refractivity contribution in [2.24, 2.45) is 0 Å². The third kappa shape index (κ3) is 4.17. The number of benzene rings is 8. The van der Waals surface area contributed by atoms with Crippen LogP contribution in [0, 0.1) is 0 Å². The summed E-state index contributed by atoms with van der Waals surface area (Å²) in [6.07, 6.45) is 0. The standard InChI is InChI=1S/C47H33NS/c1-47(2)39-20-8-5-17-37(39)46-40(47)21-12-23-42(46)48(41-22-9-6-16-36(41)35-19-11-14-30-13-3-4-15-33(30)35)32-26-27-34-31(29-32)25-28-44-45(34)38-18-7-10-24-43(38)49-44/h3-29H,1-2H3. The minimum Gasteiger partial charge on any atom is -0.309 e. The van der Waals surface area contributed by atoms with E-state index in [1.807, 2.05) is 11.3 Å². The number of fused-ring (bicyclic) bond motifs is 9. The first-order valence-electron chi connectivity index (χ1n) is 17.0. The zero-order chi connectivity index (χ0) is 32.7. The average Bonchev–Trinajstić information content (AvgIpc) is 3.64. The quantitative estimate of drug-likeness (QED) is 0.184. The molecule has 1 heterocycles. The molecular formula is C47H33NS. The zero-order valence-corrected chi connectivity index (χ0v) is 28.3. The summed E-state index contributed by atoms with van der Waals surface area (Å²) in [5.41, 5.74) is 11.2. The van der Waals surface area contributed by atoms with Gasteiger partial charge in [-0.3, -0.25) is 0 Å². The van der Waals surface area contributed by atoms with Crippen molar-refractivity contribution < 1.29 is 0 Å². The molecule has 9 aromatic rings. The van der Waals surface area contributed by atoms with Gasteiger partial charge in [0.2, 0.25) is 0 Å². The Labute approximate surface area is 290 Å². The molecule has 1 aliphatic carbocycles. The second-order valence-electron chi connectivity index (χ2n) is 13.7. The highest BCUT2D eigenvalue weighted by atomic mass is 32.1. The molecule has 1 aromatic heterocycles. The van der Waals surface area contributed by atoms with Gasteiger partial charge in [0.1, 0.15) is 0 Å². The molecule has 49 heavy (non-hydrogen) atoms. The van der Waals surface area contributed by atoms with E-state index in [1.165, 1.54) is 80.8 Å². The molecule has 2 heteroatoms. The molecule has 1 aliphatic rings. The molecule has 0 saturated heterocycles. The lowest BCUT2D eigenvalue weighted by Crippen LogP contribution is -2.16. The van der Waals surface area contributed by atoms with Crippen LogP contribution in [0.3, 0.4) is 0 Å². The summed E-state index contributed by atoms with van der Waals surface area (Å²) in [4.78, 5) is 2.52. The maximum atomic E-state index is 2.52. The molecule has 0 unspecified atom stereocenters. The molecular weight excluding hydrogens is 611 g/mol. The van der Waals surface area contributed by atoms with Crippen LogP contribution >= 0.6 is 11.3 Å². The fourth-order valence-electron chi connectivity index (χ4n) is 8.37. The molecule has 0 N–H and O–H groups in total. The Morgan fingerprint density at radius 3 is 2.04 bits per heavy atom. The first-order valence-corrected chi connectivity index (χ1v) is 17.8. The van der Waals surface area contributed by atoms with E-state index in [0.717, 1.165) is 11.4 Å². The molecule has 0 aliphatic heterocycles. The summed E-state index contributed by atoms with van der Waals surface area (Å²) < 4.78 is 2.67. The van der Waals surface area contributed by atoms with E-state index in [0.29, 0.717) is 0 Å². The summed E-state index contributed by atoms with van der Waals surface area (Å²) in [6, 6.07) is 60.7. The number of hydrogen-bond acceptors (Lipinski definition) is 2. The zero-order valence-electron chi connectivity index (χ0n) is 27.4. The molecule has 0 atom stereocenters. The van der Waals surface area contributed by atoms with Crippen molar-refractivity contribution >= 4 is 70.1 Å². The van der Waals surface area contributed by atoms with Crippen LogP contribution in [0.5, 0.6) is 0 Å². The van der Waals surface area contributed by atoms with E-state index in [1.54, 1.807) is 0 Å². The minimum absolute atomic E-state index is 0.0995. The Kier molecular flexibility index (Phi) is 6.16. The fraction of sp³-hybridized carbons (Fsp3) is 0.0638.